The Balaban J connectivity index is 1.91. The second kappa shape index (κ2) is 5.85. The lowest BCUT2D eigenvalue weighted by Crippen LogP contribution is -2.45. The van der Waals surface area contributed by atoms with Gasteiger partial charge in [-0.15, -0.1) is 0 Å². The summed E-state index contributed by atoms with van der Waals surface area (Å²) in [5.41, 5.74) is 1.04. The number of aromatic nitrogens is 1. The maximum absolute atomic E-state index is 12.1. The van der Waals surface area contributed by atoms with Gasteiger partial charge in [-0.05, 0) is 37.3 Å². The lowest BCUT2D eigenvalue weighted by Gasteiger charge is -2.32. The zero-order valence-electron chi connectivity index (χ0n) is 11.1. The highest BCUT2D eigenvalue weighted by atomic mass is 16.2. The fourth-order valence-corrected chi connectivity index (χ4v) is 2.37. The van der Waals surface area contributed by atoms with Gasteiger partial charge in [0.1, 0.15) is 0 Å². The number of likely N-dealkylation sites (tertiary alicyclic amines) is 1. The topological polar surface area (TPSA) is 45.2 Å². The minimum atomic E-state index is 0.00318. The van der Waals surface area contributed by atoms with Gasteiger partial charge in [0.25, 0.3) is 0 Å². The number of pyridine rings is 1. The van der Waals surface area contributed by atoms with Gasteiger partial charge in [-0.2, -0.15) is 0 Å². The van der Waals surface area contributed by atoms with Crippen LogP contribution >= 0.6 is 0 Å². The molecule has 0 aromatic carbocycles. The van der Waals surface area contributed by atoms with Crippen LogP contribution in [0, 0.1) is 5.92 Å². The summed E-state index contributed by atoms with van der Waals surface area (Å²) >= 11 is 0. The van der Waals surface area contributed by atoms with Crippen molar-refractivity contribution in [3.63, 3.8) is 0 Å². The zero-order chi connectivity index (χ0) is 13.0. The number of hydrogen-bond donors (Lipinski definition) is 1. The van der Waals surface area contributed by atoms with Crippen LogP contribution in [0.15, 0.2) is 24.5 Å². The summed E-state index contributed by atoms with van der Waals surface area (Å²) in [4.78, 5) is 18.1. The molecule has 1 aromatic rings. The molecule has 0 aliphatic carbocycles. The third-order valence-corrected chi connectivity index (χ3v) is 3.47. The molecule has 1 N–H and O–H groups in total. The van der Waals surface area contributed by atoms with E-state index in [0.717, 1.165) is 25.1 Å². The molecule has 2 heterocycles. The Labute approximate surface area is 108 Å². The largest absolute Gasteiger partial charge is 0.331 e. The zero-order valence-corrected chi connectivity index (χ0v) is 11.1. The monoisotopic (exact) mass is 247 g/mol. The Hall–Kier alpha value is -1.58. The van der Waals surface area contributed by atoms with Gasteiger partial charge in [0.15, 0.2) is 0 Å². The number of carbonyl (C=O) groups excluding carboxylic acids is 1. The molecule has 2 atom stereocenters. The molecule has 0 bridgehead atoms. The van der Waals surface area contributed by atoms with Crippen molar-refractivity contribution >= 4 is 6.03 Å². The predicted molar refractivity (Wildman–Crippen MR) is 71.2 cm³/mol. The van der Waals surface area contributed by atoms with Crippen molar-refractivity contribution in [2.24, 2.45) is 5.92 Å². The third-order valence-electron chi connectivity index (χ3n) is 3.47. The van der Waals surface area contributed by atoms with Crippen LogP contribution < -0.4 is 5.32 Å². The molecule has 4 nitrogen and oxygen atoms in total. The van der Waals surface area contributed by atoms with Crippen LogP contribution in [-0.4, -0.2) is 29.0 Å². The van der Waals surface area contributed by atoms with Crippen LogP contribution in [0.4, 0.5) is 4.79 Å². The Bertz CT molecular complexity index is 393. The minimum Gasteiger partial charge on any atom is -0.331 e. The number of amides is 2. The smallest absolute Gasteiger partial charge is 0.317 e. The second-order valence-corrected chi connectivity index (χ2v) is 5.15. The van der Waals surface area contributed by atoms with Crippen LogP contribution in [-0.2, 0) is 0 Å². The number of piperidine rings is 1. The first-order valence-corrected chi connectivity index (χ1v) is 6.62. The maximum atomic E-state index is 12.1. The Kier molecular flexibility index (Phi) is 4.18. The van der Waals surface area contributed by atoms with E-state index in [1.54, 1.807) is 12.4 Å². The summed E-state index contributed by atoms with van der Waals surface area (Å²) < 4.78 is 0. The molecular weight excluding hydrogens is 226 g/mol. The summed E-state index contributed by atoms with van der Waals surface area (Å²) in [7, 11) is 0. The van der Waals surface area contributed by atoms with Gasteiger partial charge >= 0.3 is 6.03 Å². The molecule has 2 rings (SSSR count). The maximum Gasteiger partial charge on any atom is 0.317 e. The molecule has 4 heteroatoms. The summed E-state index contributed by atoms with van der Waals surface area (Å²) in [5, 5.41) is 3.03. The lowest BCUT2D eigenvalue weighted by molar-refractivity contribution is 0.167. The molecule has 1 aliphatic rings. The van der Waals surface area contributed by atoms with E-state index in [9.17, 15) is 4.79 Å². The van der Waals surface area contributed by atoms with Crippen molar-refractivity contribution < 1.29 is 4.79 Å². The van der Waals surface area contributed by atoms with Crippen molar-refractivity contribution in [1.82, 2.24) is 15.2 Å². The molecule has 2 unspecified atom stereocenters. The first kappa shape index (κ1) is 12.9. The third kappa shape index (κ3) is 3.22. The molecule has 1 fully saturated rings. The summed E-state index contributed by atoms with van der Waals surface area (Å²) in [6.07, 6.45) is 5.87. The first-order valence-electron chi connectivity index (χ1n) is 6.62. The highest BCUT2D eigenvalue weighted by Crippen LogP contribution is 2.17. The molecular formula is C14H21N3O. The quantitative estimate of drug-likeness (QED) is 0.873. The number of carbonyl (C=O) groups is 1. The fraction of sp³-hybridized carbons (Fsp3) is 0.571. The number of nitrogens with zero attached hydrogens (tertiary/aromatic N) is 2. The number of hydrogen-bond acceptors (Lipinski definition) is 2. The van der Waals surface area contributed by atoms with Gasteiger partial charge in [-0.1, -0.05) is 13.0 Å². The van der Waals surface area contributed by atoms with E-state index >= 15 is 0 Å². The fourth-order valence-electron chi connectivity index (χ4n) is 2.37. The molecule has 0 radical (unpaired) electrons. The highest BCUT2D eigenvalue weighted by molar-refractivity contribution is 5.74. The molecule has 0 spiro atoms. The molecule has 1 aromatic heterocycles. The normalized spacial score (nSPS) is 21.4. The van der Waals surface area contributed by atoms with E-state index in [1.165, 1.54) is 6.42 Å². The standard InChI is InChI=1S/C14H21N3O/c1-11-5-4-8-17(10-11)14(18)16-12(2)13-6-3-7-15-9-13/h3,6-7,9,11-12H,4-5,8,10H2,1-2H3,(H,16,18). The molecule has 1 saturated heterocycles. The van der Waals surface area contributed by atoms with Crippen LogP contribution in [0.3, 0.4) is 0 Å². The number of rotatable bonds is 2. The van der Waals surface area contributed by atoms with Gasteiger partial charge in [0.2, 0.25) is 0 Å². The van der Waals surface area contributed by atoms with Gasteiger partial charge in [-0.25, -0.2) is 4.79 Å². The molecule has 98 valence electrons. The molecule has 18 heavy (non-hydrogen) atoms. The first-order chi connectivity index (χ1) is 8.66. The number of urea groups is 1. The van der Waals surface area contributed by atoms with Crippen molar-refractivity contribution in [3.8, 4) is 0 Å². The van der Waals surface area contributed by atoms with Crippen molar-refractivity contribution in [1.29, 1.82) is 0 Å². The molecule has 1 aliphatic heterocycles. The average molecular weight is 247 g/mol. The van der Waals surface area contributed by atoms with Crippen LogP contribution in [0.2, 0.25) is 0 Å². The summed E-state index contributed by atoms with van der Waals surface area (Å²) in [5.74, 6) is 0.609. The molecule has 2 amide bonds. The van der Waals surface area contributed by atoms with Crippen LogP contribution in [0.1, 0.15) is 38.3 Å². The second-order valence-electron chi connectivity index (χ2n) is 5.15. The van der Waals surface area contributed by atoms with E-state index < -0.39 is 0 Å². The van der Waals surface area contributed by atoms with E-state index in [2.05, 4.69) is 17.2 Å². The van der Waals surface area contributed by atoms with Crippen LogP contribution in [0.5, 0.6) is 0 Å². The van der Waals surface area contributed by atoms with E-state index in [0.29, 0.717) is 5.92 Å². The Morgan fingerprint density at radius 1 is 1.61 bits per heavy atom. The average Bonchev–Trinajstić information content (AvgIpc) is 2.39. The van der Waals surface area contributed by atoms with Crippen molar-refractivity contribution in [2.45, 2.75) is 32.7 Å². The predicted octanol–water partition coefficient (Wildman–Crippen LogP) is 2.58. The van der Waals surface area contributed by atoms with E-state index in [-0.39, 0.29) is 12.1 Å². The van der Waals surface area contributed by atoms with Crippen molar-refractivity contribution in [3.05, 3.63) is 30.1 Å². The lowest BCUT2D eigenvalue weighted by atomic mass is 10.0. The van der Waals surface area contributed by atoms with Crippen molar-refractivity contribution in [2.75, 3.05) is 13.1 Å². The SMILES string of the molecule is CC1CCCN(C(=O)NC(C)c2cccnc2)C1. The number of nitrogens with one attached hydrogen (secondary N) is 1. The van der Waals surface area contributed by atoms with Gasteiger partial charge in [0, 0.05) is 25.5 Å². The summed E-state index contributed by atoms with van der Waals surface area (Å²) in [6.45, 7) is 5.92. The van der Waals surface area contributed by atoms with Gasteiger partial charge in [-0.3, -0.25) is 4.98 Å². The minimum absolute atomic E-state index is 0.00318. The van der Waals surface area contributed by atoms with Crippen LogP contribution in [0.25, 0.3) is 0 Å². The van der Waals surface area contributed by atoms with E-state index in [4.69, 9.17) is 0 Å². The Morgan fingerprint density at radius 3 is 3.11 bits per heavy atom. The highest BCUT2D eigenvalue weighted by Gasteiger charge is 2.22. The van der Waals surface area contributed by atoms with Gasteiger partial charge in [0.05, 0.1) is 6.04 Å². The Morgan fingerprint density at radius 2 is 2.44 bits per heavy atom. The van der Waals surface area contributed by atoms with E-state index in [1.807, 2.05) is 24.0 Å². The summed E-state index contributed by atoms with van der Waals surface area (Å²) in [6, 6.07) is 3.92. The molecule has 0 saturated carbocycles. The van der Waals surface area contributed by atoms with Gasteiger partial charge < -0.3 is 10.2 Å².